The molecule has 1 aliphatic rings. The lowest BCUT2D eigenvalue weighted by molar-refractivity contribution is 0.0306. The van der Waals surface area contributed by atoms with E-state index in [2.05, 4.69) is 13.0 Å². The molecule has 0 saturated carbocycles. The van der Waals surface area contributed by atoms with E-state index in [1.807, 2.05) is 17.0 Å². The summed E-state index contributed by atoms with van der Waals surface area (Å²) in [7, 11) is 0. The smallest absolute Gasteiger partial charge is 0.264 e. The van der Waals surface area contributed by atoms with E-state index >= 15 is 0 Å². The number of morpholine rings is 1. The van der Waals surface area contributed by atoms with Crippen molar-refractivity contribution >= 4 is 27.3 Å². The summed E-state index contributed by atoms with van der Waals surface area (Å²) in [5, 5.41) is 1.05. The number of thiophene rings is 1. The number of amides is 1. The summed E-state index contributed by atoms with van der Waals surface area (Å²) in [5.74, 6) is -0.186. The quantitative estimate of drug-likeness (QED) is 0.678. The van der Waals surface area contributed by atoms with E-state index in [1.54, 1.807) is 12.1 Å². The van der Waals surface area contributed by atoms with Crippen LogP contribution in [-0.4, -0.2) is 37.1 Å². The Morgan fingerprint density at radius 2 is 1.84 bits per heavy atom. The highest BCUT2D eigenvalue weighted by molar-refractivity contribution is 7.21. The van der Waals surface area contributed by atoms with Crippen molar-refractivity contribution in [3.8, 4) is 11.1 Å². The molecule has 0 aliphatic carbocycles. The van der Waals surface area contributed by atoms with Gasteiger partial charge in [-0.1, -0.05) is 24.3 Å². The lowest BCUT2D eigenvalue weighted by Gasteiger charge is -2.26. The minimum Gasteiger partial charge on any atom is -0.378 e. The third kappa shape index (κ3) is 3.05. The van der Waals surface area contributed by atoms with Gasteiger partial charge in [-0.05, 0) is 41.8 Å². The molecule has 4 rings (SSSR count). The van der Waals surface area contributed by atoms with Gasteiger partial charge in [0, 0.05) is 23.2 Å². The second-order valence-electron chi connectivity index (χ2n) is 6.19. The third-order valence-corrected chi connectivity index (χ3v) is 5.80. The van der Waals surface area contributed by atoms with Crippen LogP contribution < -0.4 is 0 Å². The van der Waals surface area contributed by atoms with Crippen molar-refractivity contribution in [3.63, 3.8) is 0 Å². The maximum atomic E-state index is 13.2. The fraction of sp³-hybridized carbons (Fsp3) is 0.250. The van der Waals surface area contributed by atoms with E-state index in [4.69, 9.17) is 4.74 Å². The van der Waals surface area contributed by atoms with Gasteiger partial charge < -0.3 is 9.64 Å². The second-order valence-corrected chi connectivity index (χ2v) is 7.25. The number of hydrogen-bond acceptors (Lipinski definition) is 3. The third-order valence-electron chi connectivity index (χ3n) is 4.54. The molecule has 0 unspecified atom stereocenters. The molecule has 5 heteroatoms. The maximum absolute atomic E-state index is 13.2. The number of aryl methyl sites for hydroxylation is 1. The van der Waals surface area contributed by atoms with Crippen LogP contribution in [0.3, 0.4) is 0 Å². The highest BCUT2D eigenvalue weighted by Gasteiger charge is 2.21. The monoisotopic (exact) mass is 355 g/mol. The van der Waals surface area contributed by atoms with Gasteiger partial charge in [0.05, 0.1) is 18.1 Å². The molecule has 0 bridgehead atoms. The molecule has 3 nitrogen and oxygen atoms in total. The van der Waals surface area contributed by atoms with Crippen LogP contribution in [0, 0.1) is 12.7 Å². The molecular formula is C20H18FNO2S. The van der Waals surface area contributed by atoms with Crippen LogP contribution in [0.5, 0.6) is 0 Å². The van der Waals surface area contributed by atoms with Crippen LogP contribution in [0.15, 0.2) is 42.5 Å². The number of carbonyl (C=O) groups is 1. The van der Waals surface area contributed by atoms with Gasteiger partial charge in [0.25, 0.3) is 5.91 Å². The Morgan fingerprint density at radius 3 is 2.56 bits per heavy atom. The molecule has 1 amide bonds. The molecule has 1 aliphatic heterocycles. The molecule has 0 radical (unpaired) electrons. The fourth-order valence-corrected chi connectivity index (χ4v) is 4.29. The highest BCUT2D eigenvalue weighted by Crippen LogP contribution is 2.37. The number of nitrogens with zero attached hydrogens (tertiary/aromatic N) is 1. The van der Waals surface area contributed by atoms with Gasteiger partial charge in [-0.15, -0.1) is 11.3 Å². The number of carbonyl (C=O) groups excluding carboxylic acids is 1. The van der Waals surface area contributed by atoms with E-state index in [0.717, 1.165) is 31.7 Å². The van der Waals surface area contributed by atoms with Crippen LogP contribution >= 0.6 is 11.3 Å². The topological polar surface area (TPSA) is 29.5 Å². The van der Waals surface area contributed by atoms with Gasteiger partial charge in [0.1, 0.15) is 5.82 Å². The molecule has 0 spiro atoms. The minimum atomic E-state index is -0.249. The number of ether oxygens (including phenoxy) is 1. The molecular weight excluding hydrogens is 337 g/mol. The van der Waals surface area contributed by atoms with Crippen LogP contribution in [0.25, 0.3) is 21.2 Å². The van der Waals surface area contributed by atoms with Gasteiger partial charge in [-0.25, -0.2) is 4.39 Å². The number of hydrogen-bond donors (Lipinski definition) is 0. The zero-order valence-electron chi connectivity index (χ0n) is 13.9. The standard InChI is InChI=1S/C20H18FNO2S/c1-13-2-7-16(14-3-5-15(21)6-4-14)17-12-18(25-19(13)17)20(23)22-8-10-24-11-9-22/h2-7,12H,8-11H2,1H3. The van der Waals surface area contributed by atoms with Crippen molar-refractivity contribution in [2.75, 3.05) is 26.3 Å². The second kappa shape index (κ2) is 6.58. The van der Waals surface area contributed by atoms with E-state index in [9.17, 15) is 9.18 Å². The van der Waals surface area contributed by atoms with Crippen LogP contribution in [0.1, 0.15) is 15.2 Å². The van der Waals surface area contributed by atoms with E-state index in [0.29, 0.717) is 26.3 Å². The number of rotatable bonds is 2. The highest BCUT2D eigenvalue weighted by atomic mass is 32.1. The molecule has 0 N–H and O–H groups in total. The average Bonchev–Trinajstić information content (AvgIpc) is 3.09. The van der Waals surface area contributed by atoms with Crippen molar-refractivity contribution in [3.05, 3.63) is 58.7 Å². The molecule has 2 aromatic carbocycles. The van der Waals surface area contributed by atoms with E-state index < -0.39 is 0 Å². The Bertz CT molecular complexity index is 927. The average molecular weight is 355 g/mol. The molecule has 25 heavy (non-hydrogen) atoms. The zero-order chi connectivity index (χ0) is 17.4. The first-order valence-electron chi connectivity index (χ1n) is 8.29. The van der Waals surface area contributed by atoms with Crippen molar-refractivity contribution < 1.29 is 13.9 Å². The predicted molar refractivity (Wildman–Crippen MR) is 98.7 cm³/mol. The van der Waals surface area contributed by atoms with Crippen molar-refractivity contribution in [1.82, 2.24) is 4.90 Å². The molecule has 1 aromatic heterocycles. The molecule has 1 fully saturated rings. The van der Waals surface area contributed by atoms with Crippen molar-refractivity contribution in [2.45, 2.75) is 6.92 Å². The molecule has 1 saturated heterocycles. The van der Waals surface area contributed by atoms with Gasteiger partial charge >= 0.3 is 0 Å². The van der Waals surface area contributed by atoms with E-state index in [-0.39, 0.29) is 11.7 Å². The zero-order valence-corrected chi connectivity index (χ0v) is 14.7. The molecule has 2 heterocycles. The molecule has 128 valence electrons. The Labute approximate surface area is 149 Å². The van der Waals surface area contributed by atoms with Crippen molar-refractivity contribution in [2.24, 2.45) is 0 Å². The Hall–Kier alpha value is -2.24. The minimum absolute atomic E-state index is 0.0638. The molecule has 3 aromatic rings. The van der Waals surface area contributed by atoms with Crippen LogP contribution in [0.2, 0.25) is 0 Å². The van der Waals surface area contributed by atoms with Gasteiger partial charge in [-0.2, -0.15) is 0 Å². The maximum Gasteiger partial charge on any atom is 0.264 e. The summed E-state index contributed by atoms with van der Waals surface area (Å²) in [5.41, 5.74) is 3.12. The summed E-state index contributed by atoms with van der Waals surface area (Å²) in [6.07, 6.45) is 0. The Morgan fingerprint density at radius 1 is 1.12 bits per heavy atom. The normalized spacial score (nSPS) is 14.9. The van der Waals surface area contributed by atoms with Gasteiger partial charge in [0.2, 0.25) is 0 Å². The summed E-state index contributed by atoms with van der Waals surface area (Å²) >= 11 is 1.53. The first kappa shape index (κ1) is 16.2. The Kier molecular flexibility index (Phi) is 4.27. The van der Waals surface area contributed by atoms with Crippen LogP contribution in [-0.2, 0) is 4.74 Å². The summed E-state index contributed by atoms with van der Waals surface area (Å²) in [4.78, 5) is 15.4. The fourth-order valence-electron chi connectivity index (χ4n) is 3.17. The number of halogens is 1. The first-order chi connectivity index (χ1) is 12.1. The lowest BCUT2D eigenvalue weighted by Crippen LogP contribution is -2.40. The number of benzene rings is 2. The largest absolute Gasteiger partial charge is 0.378 e. The first-order valence-corrected chi connectivity index (χ1v) is 9.11. The summed E-state index contributed by atoms with van der Waals surface area (Å²) in [6.45, 7) is 4.51. The van der Waals surface area contributed by atoms with Crippen LogP contribution in [0.4, 0.5) is 4.39 Å². The number of fused-ring (bicyclic) bond motifs is 1. The predicted octanol–water partition coefficient (Wildman–Crippen LogP) is 4.49. The summed E-state index contributed by atoms with van der Waals surface area (Å²) < 4.78 is 19.7. The van der Waals surface area contributed by atoms with Gasteiger partial charge in [0.15, 0.2) is 0 Å². The van der Waals surface area contributed by atoms with Gasteiger partial charge in [-0.3, -0.25) is 4.79 Å². The van der Waals surface area contributed by atoms with E-state index in [1.165, 1.54) is 23.5 Å². The SMILES string of the molecule is Cc1ccc(-c2ccc(F)cc2)c2cc(C(=O)N3CCOCC3)sc12. The molecule has 0 atom stereocenters. The van der Waals surface area contributed by atoms with Crippen molar-refractivity contribution in [1.29, 1.82) is 0 Å². The Balaban J connectivity index is 1.79. The summed E-state index contributed by atoms with van der Waals surface area (Å²) in [6, 6.07) is 12.6. The lowest BCUT2D eigenvalue weighted by atomic mass is 10.00.